The maximum absolute atomic E-state index is 12.3. The van der Waals surface area contributed by atoms with E-state index in [1.807, 2.05) is 32.0 Å². The Morgan fingerprint density at radius 3 is 2.71 bits per heavy atom. The van der Waals surface area contributed by atoms with Gasteiger partial charge in [-0.3, -0.25) is 4.79 Å². The highest BCUT2D eigenvalue weighted by Gasteiger charge is 2.16. The van der Waals surface area contributed by atoms with E-state index in [2.05, 4.69) is 4.98 Å². The molecule has 0 saturated heterocycles. The molecule has 0 unspecified atom stereocenters. The number of hydrogen-bond acceptors (Lipinski definition) is 4. The molecule has 0 amide bonds. The molecule has 0 atom stereocenters. The van der Waals surface area contributed by atoms with E-state index in [4.69, 9.17) is 4.74 Å². The Labute approximate surface area is 104 Å². The largest absolute Gasteiger partial charge is 0.496 e. The molecule has 0 spiro atoms. The van der Waals surface area contributed by atoms with E-state index >= 15 is 0 Å². The molecule has 2 rings (SSSR count). The maximum Gasteiger partial charge on any atom is 0.208 e. The quantitative estimate of drug-likeness (QED) is 0.783. The number of rotatable bonds is 3. The first kappa shape index (κ1) is 11.8. The second kappa shape index (κ2) is 4.67. The smallest absolute Gasteiger partial charge is 0.208 e. The SMILES string of the molecule is COc1ccc(C)cc1C(=O)c1cnc(C)s1. The van der Waals surface area contributed by atoms with Crippen LogP contribution in [0.15, 0.2) is 24.4 Å². The van der Waals surface area contributed by atoms with Gasteiger partial charge in [-0.2, -0.15) is 0 Å². The number of hydrogen-bond donors (Lipinski definition) is 0. The van der Waals surface area contributed by atoms with Gasteiger partial charge in [-0.05, 0) is 26.0 Å². The number of aromatic nitrogens is 1. The van der Waals surface area contributed by atoms with Crippen LogP contribution in [0, 0.1) is 13.8 Å². The Balaban J connectivity index is 2.46. The lowest BCUT2D eigenvalue weighted by molar-refractivity contribution is 0.103. The van der Waals surface area contributed by atoms with Crippen molar-refractivity contribution >= 4 is 17.1 Å². The van der Waals surface area contributed by atoms with Gasteiger partial charge in [0, 0.05) is 6.20 Å². The summed E-state index contributed by atoms with van der Waals surface area (Å²) in [6.45, 7) is 3.84. The van der Waals surface area contributed by atoms with Crippen LogP contribution in [-0.2, 0) is 0 Å². The summed E-state index contributed by atoms with van der Waals surface area (Å²) in [4.78, 5) is 17.0. The van der Waals surface area contributed by atoms with Crippen LogP contribution in [0.25, 0.3) is 0 Å². The Kier molecular flexibility index (Phi) is 3.24. The molecule has 1 heterocycles. The summed E-state index contributed by atoms with van der Waals surface area (Å²) in [6, 6.07) is 5.58. The molecular formula is C13H13NO2S. The lowest BCUT2D eigenvalue weighted by Crippen LogP contribution is -2.02. The van der Waals surface area contributed by atoms with Gasteiger partial charge in [0.25, 0.3) is 0 Å². The van der Waals surface area contributed by atoms with Gasteiger partial charge in [0.05, 0.1) is 22.6 Å². The van der Waals surface area contributed by atoms with Crippen LogP contribution in [0.1, 0.15) is 25.8 Å². The van der Waals surface area contributed by atoms with Gasteiger partial charge in [-0.25, -0.2) is 4.98 Å². The van der Waals surface area contributed by atoms with E-state index in [-0.39, 0.29) is 5.78 Å². The summed E-state index contributed by atoms with van der Waals surface area (Å²) in [5.74, 6) is 0.572. The molecule has 0 radical (unpaired) electrons. The molecule has 17 heavy (non-hydrogen) atoms. The molecule has 0 N–H and O–H groups in total. The molecule has 88 valence electrons. The summed E-state index contributed by atoms with van der Waals surface area (Å²) in [6.07, 6.45) is 1.62. The van der Waals surface area contributed by atoms with Crippen LogP contribution in [0.3, 0.4) is 0 Å². The highest BCUT2D eigenvalue weighted by Crippen LogP contribution is 2.25. The number of carbonyl (C=O) groups is 1. The summed E-state index contributed by atoms with van der Waals surface area (Å²) in [5, 5.41) is 0.889. The summed E-state index contributed by atoms with van der Waals surface area (Å²) < 4.78 is 5.21. The van der Waals surface area contributed by atoms with Crippen LogP contribution in [0.5, 0.6) is 5.75 Å². The van der Waals surface area contributed by atoms with Gasteiger partial charge in [0.2, 0.25) is 5.78 Å². The molecule has 1 aromatic heterocycles. The predicted molar refractivity (Wildman–Crippen MR) is 68.0 cm³/mol. The number of ketones is 1. The number of nitrogens with zero attached hydrogens (tertiary/aromatic N) is 1. The third-order valence-electron chi connectivity index (χ3n) is 2.44. The Hall–Kier alpha value is -1.68. The lowest BCUT2D eigenvalue weighted by atomic mass is 10.1. The van der Waals surface area contributed by atoms with Crippen LogP contribution in [0.4, 0.5) is 0 Å². The van der Waals surface area contributed by atoms with E-state index < -0.39 is 0 Å². The number of thiazole rings is 1. The number of ether oxygens (including phenoxy) is 1. The highest BCUT2D eigenvalue weighted by molar-refractivity contribution is 7.13. The molecule has 0 fully saturated rings. The molecule has 0 saturated carbocycles. The zero-order chi connectivity index (χ0) is 12.4. The minimum absolute atomic E-state index is 0.0313. The monoisotopic (exact) mass is 247 g/mol. The second-order valence-corrected chi connectivity index (χ2v) is 5.01. The van der Waals surface area contributed by atoms with Crippen LogP contribution in [-0.4, -0.2) is 17.9 Å². The standard InChI is InChI=1S/C13H13NO2S/c1-8-4-5-11(16-3)10(6-8)13(15)12-7-14-9(2)17-12/h4-7H,1-3H3. The first-order valence-electron chi connectivity index (χ1n) is 5.23. The average Bonchev–Trinajstić information content (AvgIpc) is 2.75. The van der Waals surface area contributed by atoms with Crippen molar-refractivity contribution < 1.29 is 9.53 Å². The molecule has 4 heteroatoms. The highest BCUT2D eigenvalue weighted by atomic mass is 32.1. The van der Waals surface area contributed by atoms with Crippen molar-refractivity contribution in [2.24, 2.45) is 0 Å². The maximum atomic E-state index is 12.3. The number of methoxy groups -OCH3 is 1. The molecular weight excluding hydrogens is 234 g/mol. The zero-order valence-electron chi connectivity index (χ0n) is 9.98. The van der Waals surface area contributed by atoms with E-state index in [1.54, 1.807) is 13.3 Å². The van der Waals surface area contributed by atoms with Gasteiger partial charge >= 0.3 is 0 Å². The fourth-order valence-electron chi connectivity index (χ4n) is 1.60. The van der Waals surface area contributed by atoms with Crippen molar-refractivity contribution in [3.8, 4) is 5.75 Å². The van der Waals surface area contributed by atoms with Crippen LogP contribution in [0.2, 0.25) is 0 Å². The van der Waals surface area contributed by atoms with Gasteiger partial charge in [-0.1, -0.05) is 11.6 Å². The first-order chi connectivity index (χ1) is 8.11. The van der Waals surface area contributed by atoms with E-state index in [0.29, 0.717) is 16.2 Å². The van der Waals surface area contributed by atoms with E-state index in [9.17, 15) is 4.79 Å². The van der Waals surface area contributed by atoms with Crippen molar-refractivity contribution in [3.05, 3.63) is 45.4 Å². The molecule has 0 aliphatic heterocycles. The average molecular weight is 247 g/mol. The Morgan fingerprint density at radius 1 is 1.35 bits per heavy atom. The summed E-state index contributed by atoms with van der Waals surface area (Å²) >= 11 is 1.40. The lowest BCUT2D eigenvalue weighted by Gasteiger charge is -2.07. The molecule has 0 aliphatic carbocycles. The summed E-state index contributed by atoms with van der Waals surface area (Å²) in [5.41, 5.74) is 1.63. The minimum atomic E-state index is -0.0313. The van der Waals surface area contributed by atoms with Crippen molar-refractivity contribution in [2.45, 2.75) is 13.8 Å². The van der Waals surface area contributed by atoms with Crippen molar-refractivity contribution in [1.82, 2.24) is 4.98 Å². The third-order valence-corrected chi connectivity index (χ3v) is 3.36. The number of carbonyl (C=O) groups excluding carboxylic acids is 1. The topological polar surface area (TPSA) is 39.2 Å². The van der Waals surface area contributed by atoms with Crippen molar-refractivity contribution in [3.63, 3.8) is 0 Å². The van der Waals surface area contributed by atoms with Crippen LogP contribution >= 0.6 is 11.3 Å². The van der Waals surface area contributed by atoms with Gasteiger partial charge in [-0.15, -0.1) is 11.3 Å². The van der Waals surface area contributed by atoms with E-state index in [0.717, 1.165) is 10.6 Å². The number of benzene rings is 1. The predicted octanol–water partition coefficient (Wildman–Crippen LogP) is 3.00. The van der Waals surface area contributed by atoms with Crippen molar-refractivity contribution in [2.75, 3.05) is 7.11 Å². The van der Waals surface area contributed by atoms with Crippen LogP contribution < -0.4 is 4.74 Å². The minimum Gasteiger partial charge on any atom is -0.496 e. The van der Waals surface area contributed by atoms with Gasteiger partial charge in [0.1, 0.15) is 5.75 Å². The molecule has 0 aliphatic rings. The number of aryl methyl sites for hydroxylation is 2. The second-order valence-electron chi connectivity index (χ2n) is 3.78. The Bertz CT molecular complexity index is 560. The molecule has 3 nitrogen and oxygen atoms in total. The van der Waals surface area contributed by atoms with Gasteiger partial charge < -0.3 is 4.74 Å². The fraction of sp³-hybridized carbons (Fsp3) is 0.231. The van der Waals surface area contributed by atoms with E-state index in [1.165, 1.54) is 11.3 Å². The van der Waals surface area contributed by atoms with Gasteiger partial charge in [0.15, 0.2) is 0 Å². The van der Waals surface area contributed by atoms with Crippen molar-refractivity contribution in [1.29, 1.82) is 0 Å². The summed E-state index contributed by atoms with van der Waals surface area (Å²) in [7, 11) is 1.57. The fourth-order valence-corrected chi connectivity index (χ4v) is 2.33. The zero-order valence-corrected chi connectivity index (χ0v) is 10.8. The molecule has 1 aromatic carbocycles. The normalized spacial score (nSPS) is 10.3. The molecule has 0 bridgehead atoms. The molecule has 2 aromatic rings. The third kappa shape index (κ3) is 2.36. The Morgan fingerprint density at radius 2 is 2.12 bits per heavy atom. The first-order valence-corrected chi connectivity index (χ1v) is 6.05.